The highest BCUT2D eigenvalue weighted by molar-refractivity contribution is 5.96. The zero-order valence-electron chi connectivity index (χ0n) is 9.11. The molecule has 0 aliphatic rings. The van der Waals surface area contributed by atoms with Gasteiger partial charge in [-0.05, 0) is 25.0 Å². The predicted molar refractivity (Wildman–Crippen MR) is 57.0 cm³/mol. The van der Waals surface area contributed by atoms with Crippen LogP contribution in [0.25, 0.3) is 0 Å². The Kier molecular flexibility index (Phi) is 4.02. The van der Waals surface area contributed by atoms with Gasteiger partial charge in [0.1, 0.15) is 0 Å². The number of carboxylic acids is 1. The van der Waals surface area contributed by atoms with Crippen molar-refractivity contribution in [3.8, 4) is 0 Å². The summed E-state index contributed by atoms with van der Waals surface area (Å²) in [6.07, 6.45) is 0. The van der Waals surface area contributed by atoms with Gasteiger partial charge in [0, 0.05) is 5.56 Å². The molecule has 1 aromatic carbocycles. The largest absolute Gasteiger partial charge is 0.479 e. The minimum absolute atomic E-state index is 0.433. The summed E-state index contributed by atoms with van der Waals surface area (Å²) in [5.74, 6) is -1.57. The van der Waals surface area contributed by atoms with Crippen LogP contribution in [-0.2, 0) is 9.63 Å². The Bertz CT molecular complexity index is 394. The van der Waals surface area contributed by atoms with E-state index >= 15 is 0 Å². The average molecular weight is 223 g/mol. The monoisotopic (exact) mass is 223 g/mol. The third-order valence-electron chi connectivity index (χ3n) is 2.07. The van der Waals surface area contributed by atoms with E-state index in [9.17, 15) is 9.59 Å². The van der Waals surface area contributed by atoms with Gasteiger partial charge in [-0.1, -0.05) is 18.2 Å². The van der Waals surface area contributed by atoms with Crippen LogP contribution in [0.4, 0.5) is 0 Å². The first-order valence-corrected chi connectivity index (χ1v) is 4.72. The van der Waals surface area contributed by atoms with Crippen LogP contribution in [-0.4, -0.2) is 23.6 Å². The molecule has 0 saturated carbocycles. The van der Waals surface area contributed by atoms with Gasteiger partial charge in [0.2, 0.25) is 0 Å². The second-order valence-corrected chi connectivity index (χ2v) is 3.38. The number of carbonyl (C=O) groups is 2. The number of carbonyl (C=O) groups excluding carboxylic acids is 1. The highest BCUT2D eigenvalue weighted by atomic mass is 16.7. The second kappa shape index (κ2) is 5.27. The van der Waals surface area contributed by atoms with Gasteiger partial charge in [-0.15, -0.1) is 0 Å². The molecule has 0 spiro atoms. The first-order chi connectivity index (χ1) is 7.52. The highest BCUT2D eigenvalue weighted by Gasteiger charge is 2.11. The highest BCUT2D eigenvalue weighted by Crippen LogP contribution is 2.12. The summed E-state index contributed by atoms with van der Waals surface area (Å²) in [5, 5.41) is 8.33. The van der Waals surface area contributed by atoms with E-state index < -0.39 is 18.5 Å². The fourth-order valence-corrected chi connectivity index (χ4v) is 1.39. The van der Waals surface area contributed by atoms with Gasteiger partial charge in [-0.25, -0.2) is 10.3 Å². The van der Waals surface area contributed by atoms with E-state index in [4.69, 9.17) is 5.11 Å². The Morgan fingerprint density at radius 2 is 1.88 bits per heavy atom. The minimum atomic E-state index is -1.14. The number of carboxylic acid groups (broad SMARTS) is 1. The zero-order valence-corrected chi connectivity index (χ0v) is 9.11. The maximum Gasteiger partial charge on any atom is 0.332 e. The van der Waals surface area contributed by atoms with Crippen LogP contribution in [0.15, 0.2) is 18.2 Å². The molecule has 16 heavy (non-hydrogen) atoms. The summed E-state index contributed by atoms with van der Waals surface area (Å²) in [6, 6.07) is 5.46. The van der Waals surface area contributed by atoms with Gasteiger partial charge >= 0.3 is 5.97 Å². The number of rotatable bonds is 4. The lowest BCUT2D eigenvalue weighted by Crippen LogP contribution is -2.27. The number of hydrogen-bond acceptors (Lipinski definition) is 3. The molecule has 0 heterocycles. The van der Waals surface area contributed by atoms with Crippen molar-refractivity contribution in [2.24, 2.45) is 0 Å². The van der Waals surface area contributed by atoms with Gasteiger partial charge < -0.3 is 5.11 Å². The molecule has 0 unspecified atom stereocenters. The van der Waals surface area contributed by atoms with E-state index in [1.807, 2.05) is 6.07 Å². The Morgan fingerprint density at radius 1 is 1.31 bits per heavy atom. The standard InChI is InChI=1S/C11H13NO4/c1-7-4-3-5-8(2)10(7)11(15)12-16-6-9(13)14/h3-5H,6H2,1-2H3,(H,12,15)(H,13,14). The fraction of sp³-hybridized carbons (Fsp3) is 0.273. The molecule has 0 aliphatic carbocycles. The number of benzene rings is 1. The van der Waals surface area contributed by atoms with Crippen LogP contribution in [0.2, 0.25) is 0 Å². The quantitative estimate of drug-likeness (QED) is 0.748. The number of hydrogen-bond donors (Lipinski definition) is 2. The number of aliphatic carboxylic acids is 1. The molecule has 1 rings (SSSR count). The van der Waals surface area contributed by atoms with E-state index in [1.165, 1.54) is 0 Å². The predicted octanol–water partition coefficient (Wildman–Crippen LogP) is 1.05. The molecule has 86 valence electrons. The van der Waals surface area contributed by atoms with Crippen LogP contribution in [0.5, 0.6) is 0 Å². The molecular formula is C11H13NO4. The van der Waals surface area contributed by atoms with E-state index in [1.54, 1.807) is 26.0 Å². The molecule has 5 heteroatoms. The molecule has 2 N–H and O–H groups in total. The lowest BCUT2D eigenvalue weighted by molar-refractivity contribution is -0.144. The summed E-state index contributed by atoms with van der Waals surface area (Å²) in [7, 11) is 0. The number of amides is 1. The van der Waals surface area contributed by atoms with Gasteiger partial charge in [-0.3, -0.25) is 9.63 Å². The van der Waals surface area contributed by atoms with Crippen LogP contribution in [0.1, 0.15) is 21.5 Å². The van der Waals surface area contributed by atoms with E-state index in [0.717, 1.165) is 11.1 Å². The van der Waals surface area contributed by atoms with Crippen LogP contribution in [0.3, 0.4) is 0 Å². The Morgan fingerprint density at radius 3 is 2.38 bits per heavy atom. The number of aryl methyl sites for hydroxylation is 2. The summed E-state index contributed by atoms with van der Waals surface area (Å²) in [4.78, 5) is 26.3. The molecule has 0 saturated heterocycles. The van der Waals surface area contributed by atoms with Crippen molar-refractivity contribution in [3.63, 3.8) is 0 Å². The summed E-state index contributed by atoms with van der Waals surface area (Å²) in [5.41, 5.74) is 4.23. The smallest absolute Gasteiger partial charge is 0.332 e. The molecule has 0 aromatic heterocycles. The van der Waals surface area contributed by atoms with Crippen molar-refractivity contribution in [2.75, 3.05) is 6.61 Å². The Labute approximate surface area is 93.0 Å². The van der Waals surface area contributed by atoms with Crippen LogP contribution < -0.4 is 5.48 Å². The lowest BCUT2D eigenvalue weighted by atomic mass is 10.0. The van der Waals surface area contributed by atoms with Gasteiger partial charge in [0.15, 0.2) is 6.61 Å². The molecule has 0 fully saturated rings. The van der Waals surface area contributed by atoms with Crippen LogP contribution in [0, 0.1) is 13.8 Å². The van der Waals surface area contributed by atoms with Crippen molar-refractivity contribution in [1.82, 2.24) is 5.48 Å². The van der Waals surface area contributed by atoms with Crippen molar-refractivity contribution < 1.29 is 19.5 Å². The van der Waals surface area contributed by atoms with Crippen molar-refractivity contribution in [1.29, 1.82) is 0 Å². The summed E-state index contributed by atoms with van der Waals surface area (Å²) >= 11 is 0. The first-order valence-electron chi connectivity index (χ1n) is 4.72. The third-order valence-corrected chi connectivity index (χ3v) is 2.07. The Hall–Kier alpha value is -1.88. The van der Waals surface area contributed by atoms with E-state index in [0.29, 0.717) is 5.56 Å². The average Bonchev–Trinajstić information content (AvgIpc) is 2.16. The maximum absolute atomic E-state index is 11.6. The van der Waals surface area contributed by atoms with Crippen LogP contribution >= 0.6 is 0 Å². The summed E-state index contributed by atoms with van der Waals surface area (Å²) < 4.78 is 0. The molecule has 1 amide bonds. The molecule has 1 aromatic rings. The van der Waals surface area contributed by atoms with Crippen molar-refractivity contribution in [3.05, 3.63) is 34.9 Å². The van der Waals surface area contributed by atoms with Crippen molar-refractivity contribution in [2.45, 2.75) is 13.8 Å². The number of nitrogens with one attached hydrogen (secondary N) is 1. The fourth-order valence-electron chi connectivity index (χ4n) is 1.39. The van der Waals surface area contributed by atoms with E-state index in [-0.39, 0.29) is 0 Å². The minimum Gasteiger partial charge on any atom is -0.479 e. The zero-order chi connectivity index (χ0) is 12.1. The van der Waals surface area contributed by atoms with E-state index in [2.05, 4.69) is 10.3 Å². The molecular weight excluding hydrogens is 210 g/mol. The topological polar surface area (TPSA) is 75.6 Å². The summed E-state index contributed by atoms with van der Waals surface area (Å²) in [6.45, 7) is 3.05. The van der Waals surface area contributed by atoms with Gasteiger partial charge in [-0.2, -0.15) is 0 Å². The van der Waals surface area contributed by atoms with Gasteiger partial charge in [0.25, 0.3) is 5.91 Å². The third kappa shape index (κ3) is 3.06. The van der Waals surface area contributed by atoms with Gasteiger partial charge in [0.05, 0.1) is 0 Å². The van der Waals surface area contributed by atoms with Crippen molar-refractivity contribution >= 4 is 11.9 Å². The molecule has 0 bridgehead atoms. The normalized spacial score (nSPS) is 9.88. The Balaban J connectivity index is 2.70. The molecule has 5 nitrogen and oxygen atoms in total. The molecule has 0 aliphatic heterocycles. The lowest BCUT2D eigenvalue weighted by Gasteiger charge is -2.09. The number of hydroxylamine groups is 1. The SMILES string of the molecule is Cc1cccc(C)c1C(=O)NOCC(=O)O. The molecule has 0 radical (unpaired) electrons. The first kappa shape index (κ1) is 12.2. The second-order valence-electron chi connectivity index (χ2n) is 3.38. The maximum atomic E-state index is 11.6. The molecule has 0 atom stereocenters.